The number of hydrogen-bond donors (Lipinski definition) is 9. The van der Waals surface area contributed by atoms with Gasteiger partial charge in [-0.25, -0.2) is 14.4 Å². The minimum Gasteiger partial charge on any atom is -0.435 e. The standard InChI is InChI=1S/3C5H8O3.6C3H8O/c3*1-4(2)5(7)8-3-6;6*1-2-3-4/h3*6H,1,3H2,2H3;6*4H,2-3H2,1H3. The van der Waals surface area contributed by atoms with Gasteiger partial charge in [0.1, 0.15) is 0 Å². The van der Waals surface area contributed by atoms with Crippen LogP contribution < -0.4 is 0 Å². The van der Waals surface area contributed by atoms with Crippen LogP contribution in [0, 0.1) is 0 Å². The van der Waals surface area contributed by atoms with E-state index in [9.17, 15) is 14.4 Å². The third kappa shape index (κ3) is 131. The lowest BCUT2D eigenvalue weighted by atomic mass is 10.4. The Morgan fingerprint density at radius 3 is 0.500 bits per heavy atom. The lowest BCUT2D eigenvalue weighted by molar-refractivity contribution is -0.147. The van der Waals surface area contributed by atoms with E-state index < -0.39 is 38.3 Å². The van der Waals surface area contributed by atoms with Crippen LogP contribution in [0.15, 0.2) is 36.5 Å². The van der Waals surface area contributed by atoms with Crippen LogP contribution >= 0.6 is 0 Å². The Balaban J connectivity index is -0.0000000520. The summed E-state index contributed by atoms with van der Waals surface area (Å²) in [5.41, 5.74) is 0.872. The first-order chi connectivity index (χ1) is 22.5. The van der Waals surface area contributed by atoms with E-state index in [1.165, 1.54) is 20.8 Å². The second kappa shape index (κ2) is 74.9. The molecule has 0 aromatic heterocycles. The minimum atomic E-state index is -0.578. The number of carbonyl (C=O) groups excluding carboxylic acids is 3. The molecule has 48 heavy (non-hydrogen) atoms. The van der Waals surface area contributed by atoms with Crippen molar-refractivity contribution in [3.63, 3.8) is 0 Å². The normalized spacial score (nSPS) is 7.88. The second-order valence-corrected chi connectivity index (χ2v) is 8.37. The van der Waals surface area contributed by atoms with Crippen molar-refractivity contribution in [2.45, 2.75) is 101 Å². The van der Waals surface area contributed by atoms with Gasteiger partial charge in [-0.05, 0) is 59.3 Å². The smallest absolute Gasteiger partial charge is 0.335 e. The van der Waals surface area contributed by atoms with Crippen LogP contribution in [-0.4, -0.2) is 124 Å². The summed E-state index contributed by atoms with van der Waals surface area (Å²) in [4.78, 5) is 30.8. The van der Waals surface area contributed by atoms with Gasteiger partial charge in [0.15, 0.2) is 20.4 Å². The van der Waals surface area contributed by atoms with E-state index in [-0.39, 0.29) is 0 Å². The number of hydrogen-bond acceptors (Lipinski definition) is 15. The van der Waals surface area contributed by atoms with Gasteiger partial charge in [-0.3, -0.25) is 0 Å². The van der Waals surface area contributed by atoms with Gasteiger partial charge in [-0.15, -0.1) is 0 Å². The molecule has 0 bridgehead atoms. The summed E-state index contributed by atoms with van der Waals surface area (Å²) in [5, 5.41) is 71.3. The fraction of sp³-hybridized carbons (Fsp3) is 0.727. The van der Waals surface area contributed by atoms with Crippen molar-refractivity contribution in [2.24, 2.45) is 0 Å². The highest BCUT2D eigenvalue weighted by Crippen LogP contribution is 1.90. The Labute approximate surface area is 289 Å². The van der Waals surface area contributed by atoms with Crippen LogP contribution in [0.25, 0.3) is 0 Å². The molecule has 0 rings (SSSR count). The fourth-order valence-electron chi connectivity index (χ4n) is 0.545. The molecule has 0 amide bonds. The predicted molar refractivity (Wildman–Crippen MR) is 188 cm³/mol. The second-order valence-electron chi connectivity index (χ2n) is 8.37. The molecule has 15 nitrogen and oxygen atoms in total. The lowest BCUT2D eigenvalue weighted by Gasteiger charge is -1.95. The molecule has 9 N–H and O–H groups in total. The first-order valence-corrected chi connectivity index (χ1v) is 15.5. The molecule has 0 saturated carbocycles. The van der Waals surface area contributed by atoms with E-state index in [2.05, 4.69) is 33.9 Å². The van der Waals surface area contributed by atoms with Crippen molar-refractivity contribution in [2.75, 3.05) is 60.0 Å². The molecule has 0 fully saturated rings. The van der Waals surface area contributed by atoms with Crippen molar-refractivity contribution in [1.29, 1.82) is 0 Å². The SMILES string of the molecule is C=C(C)C(=O)OCO.C=C(C)C(=O)OCO.C=C(C)C(=O)OCO.CCCO.CCCO.CCCO.CCCO.CCCO.CCCO. The number of esters is 3. The van der Waals surface area contributed by atoms with E-state index in [0.29, 0.717) is 56.4 Å². The van der Waals surface area contributed by atoms with Crippen molar-refractivity contribution >= 4 is 17.9 Å². The highest BCUT2D eigenvalue weighted by Gasteiger charge is 2.00. The highest BCUT2D eigenvalue weighted by molar-refractivity contribution is 5.87. The first kappa shape index (κ1) is 67.4. The summed E-state index contributed by atoms with van der Waals surface area (Å²) in [6, 6.07) is 0. The first-order valence-electron chi connectivity index (χ1n) is 15.5. The van der Waals surface area contributed by atoms with Crippen LogP contribution in [0.2, 0.25) is 0 Å². The van der Waals surface area contributed by atoms with Gasteiger partial charge in [-0.1, -0.05) is 61.3 Å². The van der Waals surface area contributed by atoms with Crippen molar-refractivity contribution in [3.05, 3.63) is 36.5 Å². The molecule has 15 heteroatoms. The van der Waals surface area contributed by atoms with E-state index in [4.69, 9.17) is 46.0 Å². The zero-order chi connectivity index (χ0) is 40.2. The number of rotatable bonds is 12. The molecule has 0 heterocycles. The van der Waals surface area contributed by atoms with Crippen molar-refractivity contribution in [1.82, 2.24) is 0 Å². The van der Waals surface area contributed by atoms with E-state index >= 15 is 0 Å². The zero-order valence-electron chi connectivity index (χ0n) is 31.2. The van der Waals surface area contributed by atoms with Crippen LogP contribution in [-0.2, 0) is 28.6 Å². The third-order valence-electron chi connectivity index (χ3n) is 2.97. The van der Waals surface area contributed by atoms with E-state index in [1.54, 1.807) is 0 Å². The highest BCUT2D eigenvalue weighted by atomic mass is 16.6. The number of aliphatic hydroxyl groups is 9. The maximum Gasteiger partial charge on any atom is 0.335 e. The molecule has 0 aromatic carbocycles. The van der Waals surface area contributed by atoms with Gasteiger partial charge in [0.05, 0.1) is 0 Å². The number of aliphatic hydroxyl groups excluding tert-OH is 9. The summed E-state index contributed by atoms with van der Waals surface area (Å²) >= 11 is 0. The summed E-state index contributed by atoms with van der Waals surface area (Å²) in [7, 11) is 0. The summed E-state index contributed by atoms with van der Waals surface area (Å²) in [6.45, 7) is 26.2. The molecule has 0 aliphatic carbocycles. The summed E-state index contributed by atoms with van der Waals surface area (Å²) in [5.74, 6) is -1.69. The predicted octanol–water partition coefficient (Wildman–Crippen LogP) is 2.50. The molecule has 0 saturated heterocycles. The molecule has 0 aromatic rings. The van der Waals surface area contributed by atoms with Crippen LogP contribution in [0.4, 0.5) is 0 Å². The molecular weight excluding hydrogens is 636 g/mol. The molecule has 0 atom stereocenters. The Morgan fingerprint density at radius 1 is 0.375 bits per heavy atom. The maximum absolute atomic E-state index is 10.3. The lowest BCUT2D eigenvalue weighted by Crippen LogP contribution is -2.04. The van der Waals surface area contributed by atoms with Gasteiger partial charge >= 0.3 is 17.9 Å². The topological polar surface area (TPSA) is 261 Å². The zero-order valence-corrected chi connectivity index (χ0v) is 31.2. The Hall–Kier alpha value is -2.73. The Bertz CT molecular complexity index is 531. The molecule has 0 unspecified atom stereocenters. The third-order valence-corrected chi connectivity index (χ3v) is 2.97. The quantitative estimate of drug-likeness (QED) is 0.0610. The van der Waals surface area contributed by atoms with Crippen LogP contribution in [0.1, 0.15) is 101 Å². The summed E-state index contributed by atoms with van der Waals surface area (Å²) < 4.78 is 12.4. The van der Waals surface area contributed by atoms with Gasteiger partial charge in [0.2, 0.25) is 0 Å². The van der Waals surface area contributed by atoms with Gasteiger partial charge in [0, 0.05) is 56.4 Å². The molecule has 0 aliphatic rings. The van der Waals surface area contributed by atoms with Gasteiger partial charge < -0.3 is 60.2 Å². The molecule has 294 valence electrons. The molecule has 0 aliphatic heterocycles. The van der Waals surface area contributed by atoms with Crippen molar-refractivity contribution < 1.29 is 74.6 Å². The van der Waals surface area contributed by atoms with Crippen LogP contribution in [0.5, 0.6) is 0 Å². The average molecular weight is 709 g/mol. The molecular formula is C33H72O15. The maximum atomic E-state index is 10.3. The van der Waals surface area contributed by atoms with E-state index in [1.807, 2.05) is 41.5 Å². The molecule has 0 spiro atoms. The minimum absolute atomic E-state index is 0.291. The Morgan fingerprint density at radius 2 is 0.479 bits per heavy atom. The average Bonchev–Trinajstić information content (AvgIpc) is 3.09. The van der Waals surface area contributed by atoms with E-state index in [0.717, 1.165) is 38.5 Å². The van der Waals surface area contributed by atoms with Crippen molar-refractivity contribution in [3.8, 4) is 0 Å². The van der Waals surface area contributed by atoms with Gasteiger partial charge in [0.25, 0.3) is 0 Å². The largest absolute Gasteiger partial charge is 0.435 e. The van der Waals surface area contributed by atoms with Crippen LogP contribution in [0.3, 0.4) is 0 Å². The fourth-order valence-corrected chi connectivity index (χ4v) is 0.545. The number of carbonyl (C=O) groups is 3. The van der Waals surface area contributed by atoms with Gasteiger partial charge in [-0.2, -0.15) is 0 Å². The molecule has 0 radical (unpaired) electrons. The summed E-state index contributed by atoms with van der Waals surface area (Å²) in [6.07, 6.45) is 5.25. The monoisotopic (exact) mass is 708 g/mol. The Kier molecular flexibility index (Phi) is 105. The number of ether oxygens (including phenoxy) is 3.